The van der Waals surface area contributed by atoms with Crippen LogP contribution < -0.4 is 16.4 Å². The van der Waals surface area contributed by atoms with E-state index in [9.17, 15) is 4.79 Å². The quantitative estimate of drug-likeness (QED) is 0.809. The van der Waals surface area contributed by atoms with Crippen LogP contribution in [0.15, 0.2) is 18.2 Å². The van der Waals surface area contributed by atoms with Crippen molar-refractivity contribution in [3.63, 3.8) is 0 Å². The lowest BCUT2D eigenvalue weighted by molar-refractivity contribution is -0.117. The molecule has 4 nitrogen and oxygen atoms in total. The van der Waals surface area contributed by atoms with Gasteiger partial charge in [-0.2, -0.15) is 0 Å². The molecule has 1 unspecified atom stereocenters. The topological polar surface area (TPSA) is 72.3 Å². The van der Waals surface area contributed by atoms with Gasteiger partial charge in [-0.15, -0.1) is 0 Å². The fourth-order valence-electron chi connectivity index (χ4n) is 2.34. The minimum absolute atomic E-state index is 0.123. The molecule has 0 saturated carbocycles. The number of nitrogens with zero attached hydrogens (tertiary/aromatic N) is 1. The maximum atomic E-state index is 12.0. The molecule has 1 aromatic carbocycles. The van der Waals surface area contributed by atoms with Crippen molar-refractivity contribution in [1.29, 1.82) is 0 Å². The lowest BCUT2D eigenvalue weighted by atomic mass is 10.1. The molecule has 0 radical (unpaired) electrons. The predicted octanol–water partition coefficient (Wildman–Crippen LogP) is 0.814. The second kappa shape index (κ2) is 5.50. The molecule has 18 heavy (non-hydrogen) atoms. The highest BCUT2D eigenvalue weighted by atomic mass is 16.2. The molecule has 4 N–H and O–H groups in total. The van der Waals surface area contributed by atoms with Gasteiger partial charge >= 0.3 is 0 Å². The summed E-state index contributed by atoms with van der Waals surface area (Å²) in [6, 6.07) is 6.32. The van der Waals surface area contributed by atoms with E-state index >= 15 is 0 Å². The number of carbonyl (C=O) groups excluding carboxylic acids is 1. The molecular formula is C14H21N3O. The van der Waals surface area contributed by atoms with Crippen molar-refractivity contribution < 1.29 is 4.79 Å². The highest BCUT2D eigenvalue weighted by Crippen LogP contribution is 2.30. The molecule has 98 valence electrons. The summed E-state index contributed by atoms with van der Waals surface area (Å²) in [4.78, 5) is 13.8. The molecule has 1 amide bonds. The molecule has 0 spiro atoms. The van der Waals surface area contributed by atoms with Crippen molar-refractivity contribution in [1.82, 2.24) is 0 Å². The lowest BCUT2D eigenvalue weighted by Gasteiger charge is -2.18. The fourth-order valence-corrected chi connectivity index (χ4v) is 2.34. The number of fused-ring (bicyclic) bond motifs is 1. The molecule has 1 aromatic rings. The van der Waals surface area contributed by atoms with Crippen LogP contribution >= 0.6 is 0 Å². The van der Waals surface area contributed by atoms with Crippen LogP contribution in [-0.4, -0.2) is 25.0 Å². The van der Waals surface area contributed by atoms with Crippen molar-refractivity contribution in [3.05, 3.63) is 29.3 Å². The smallest absolute Gasteiger partial charge is 0.231 e. The van der Waals surface area contributed by atoms with E-state index in [1.165, 1.54) is 5.56 Å². The number of amides is 1. The van der Waals surface area contributed by atoms with Crippen LogP contribution in [-0.2, 0) is 17.6 Å². The van der Waals surface area contributed by atoms with Gasteiger partial charge in [-0.05, 0) is 43.5 Å². The highest BCUT2D eigenvalue weighted by Gasteiger charge is 2.26. The van der Waals surface area contributed by atoms with E-state index in [1.807, 2.05) is 17.9 Å². The van der Waals surface area contributed by atoms with Gasteiger partial charge in [-0.1, -0.05) is 12.1 Å². The summed E-state index contributed by atoms with van der Waals surface area (Å²) in [5.41, 5.74) is 14.7. The molecule has 0 bridgehead atoms. The van der Waals surface area contributed by atoms with Gasteiger partial charge < -0.3 is 16.4 Å². The van der Waals surface area contributed by atoms with Gasteiger partial charge in [-0.25, -0.2) is 0 Å². The van der Waals surface area contributed by atoms with Crippen LogP contribution in [0, 0.1) is 0 Å². The van der Waals surface area contributed by atoms with Crippen molar-refractivity contribution in [2.45, 2.75) is 32.2 Å². The third-order valence-electron chi connectivity index (χ3n) is 3.32. The number of anilines is 1. The van der Waals surface area contributed by atoms with Gasteiger partial charge in [-0.3, -0.25) is 4.79 Å². The fraction of sp³-hybridized carbons (Fsp3) is 0.500. The zero-order valence-electron chi connectivity index (χ0n) is 10.9. The Labute approximate surface area is 108 Å². The summed E-state index contributed by atoms with van der Waals surface area (Å²) in [5, 5.41) is 0. The number of carbonyl (C=O) groups is 1. The van der Waals surface area contributed by atoms with Gasteiger partial charge in [0.05, 0.1) is 6.42 Å². The normalized spacial score (nSPS) is 15.9. The molecular weight excluding hydrogens is 226 g/mol. The Morgan fingerprint density at radius 2 is 2.22 bits per heavy atom. The molecule has 1 aliphatic heterocycles. The number of nitrogens with two attached hydrogens (primary N) is 2. The van der Waals surface area contributed by atoms with Crippen molar-refractivity contribution in [2.24, 2.45) is 11.5 Å². The van der Waals surface area contributed by atoms with Gasteiger partial charge in [0.1, 0.15) is 0 Å². The van der Waals surface area contributed by atoms with Gasteiger partial charge in [0.2, 0.25) is 5.91 Å². The Bertz CT molecular complexity index is 443. The average Bonchev–Trinajstić information content (AvgIpc) is 2.62. The van der Waals surface area contributed by atoms with E-state index in [0.29, 0.717) is 19.5 Å². The van der Waals surface area contributed by atoms with Crippen LogP contribution in [0.2, 0.25) is 0 Å². The summed E-state index contributed by atoms with van der Waals surface area (Å²) < 4.78 is 0. The van der Waals surface area contributed by atoms with E-state index < -0.39 is 0 Å². The van der Waals surface area contributed by atoms with Crippen molar-refractivity contribution in [2.75, 3.05) is 18.0 Å². The van der Waals surface area contributed by atoms with Gasteiger partial charge in [0, 0.05) is 18.3 Å². The van der Waals surface area contributed by atoms with Crippen LogP contribution in [0.3, 0.4) is 0 Å². The minimum Gasteiger partial charge on any atom is -0.330 e. The summed E-state index contributed by atoms with van der Waals surface area (Å²) in [7, 11) is 0. The Morgan fingerprint density at radius 1 is 1.44 bits per heavy atom. The first-order valence-corrected chi connectivity index (χ1v) is 6.49. The van der Waals surface area contributed by atoms with Crippen LogP contribution in [0.25, 0.3) is 0 Å². The maximum Gasteiger partial charge on any atom is 0.231 e. The van der Waals surface area contributed by atoms with E-state index in [2.05, 4.69) is 12.1 Å². The molecule has 0 fully saturated rings. The van der Waals surface area contributed by atoms with Crippen LogP contribution in [0.5, 0.6) is 0 Å². The van der Waals surface area contributed by atoms with Crippen molar-refractivity contribution in [3.8, 4) is 0 Å². The van der Waals surface area contributed by atoms with Crippen molar-refractivity contribution >= 4 is 11.6 Å². The Balaban J connectivity index is 2.16. The molecule has 1 atom stereocenters. The first kappa shape index (κ1) is 13.1. The molecule has 2 rings (SSSR count). The SMILES string of the molecule is CC(N)CCN1C(=O)Cc2cc(CCN)ccc21. The average molecular weight is 247 g/mol. The molecule has 1 heterocycles. The van der Waals surface area contributed by atoms with Crippen LogP contribution in [0.1, 0.15) is 24.5 Å². The molecule has 1 aliphatic rings. The monoisotopic (exact) mass is 247 g/mol. The Kier molecular flexibility index (Phi) is 3.99. The largest absolute Gasteiger partial charge is 0.330 e. The van der Waals surface area contributed by atoms with E-state index in [-0.39, 0.29) is 11.9 Å². The molecule has 0 aromatic heterocycles. The number of hydrogen-bond acceptors (Lipinski definition) is 3. The third kappa shape index (κ3) is 2.71. The summed E-state index contributed by atoms with van der Waals surface area (Å²) in [6.07, 6.45) is 2.20. The first-order valence-electron chi connectivity index (χ1n) is 6.49. The lowest BCUT2D eigenvalue weighted by Crippen LogP contribution is -2.31. The zero-order valence-corrected chi connectivity index (χ0v) is 10.9. The van der Waals surface area contributed by atoms with Gasteiger partial charge in [0.15, 0.2) is 0 Å². The molecule has 0 aliphatic carbocycles. The third-order valence-corrected chi connectivity index (χ3v) is 3.32. The van der Waals surface area contributed by atoms with Gasteiger partial charge in [0.25, 0.3) is 0 Å². The number of rotatable bonds is 5. The van der Waals surface area contributed by atoms with Crippen LogP contribution in [0.4, 0.5) is 5.69 Å². The second-order valence-corrected chi connectivity index (χ2v) is 4.99. The highest BCUT2D eigenvalue weighted by molar-refractivity contribution is 6.01. The predicted molar refractivity (Wildman–Crippen MR) is 73.5 cm³/mol. The Morgan fingerprint density at radius 3 is 2.89 bits per heavy atom. The number of hydrogen-bond donors (Lipinski definition) is 2. The summed E-state index contributed by atoms with van der Waals surface area (Å²) >= 11 is 0. The standard InChI is InChI=1S/C14H21N3O/c1-10(16)5-7-17-13-3-2-11(4-6-15)8-12(13)9-14(17)18/h2-3,8,10H,4-7,9,15-16H2,1H3. The van der Waals surface area contributed by atoms with E-state index in [1.54, 1.807) is 0 Å². The first-order chi connectivity index (χ1) is 8.61. The Hall–Kier alpha value is -1.39. The maximum absolute atomic E-state index is 12.0. The molecule has 0 saturated heterocycles. The number of benzene rings is 1. The zero-order chi connectivity index (χ0) is 13.1. The minimum atomic E-state index is 0.123. The summed E-state index contributed by atoms with van der Waals surface area (Å²) in [5.74, 6) is 0.176. The molecule has 4 heteroatoms. The van der Waals surface area contributed by atoms with E-state index in [0.717, 1.165) is 24.1 Å². The second-order valence-electron chi connectivity index (χ2n) is 4.99. The summed E-state index contributed by atoms with van der Waals surface area (Å²) in [6.45, 7) is 3.31. The van der Waals surface area contributed by atoms with E-state index in [4.69, 9.17) is 11.5 Å².